The average molecular weight is 323 g/mol. The van der Waals surface area contributed by atoms with Crippen LogP contribution in [0.3, 0.4) is 0 Å². The highest BCUT2D eigenvalue weighted by Crippen LogP contribution is 2.31. The predicted octanol–water partition coefficient (Wildman–Crippen LogP) is 3.15. The van der Waals surface area contributed by atoms with Crippen LogP contribution in [0.2, 0.25) is 0 Å². The lowest BCUT2D eigenvalue weighted by atomic mass is 10.1. The van der Waals surface area contributed by atoms with Gasteiger partial charge in [-0.2, -0.15) is 0 Å². The van der Waals surface area contributed by atoms with Gasteiger partial charge in [-0.15, -0.1) is 0 Å². The molecule has 0 spiro atoms. The number of pyridine rings is 1. The number of nitrogens with zero attached hydrogens (tertiary/aromatic N) is 1. The van der Waals surface area contributed by atoms with Gasteiger partial charge in [0.2, 0.25) is 0 Å². The van der Waals surface area contributed by atoms with E-state index in [0.29, 0.717) is 25.9 Å². The van der Waals surface area contributed by atoms with Crippen LogP contribution < -0.4 is 4.74 Å². The first kappa shape index (κ1) is 15.5. The van der Waals surface area contributed by atoms with E-state index in [1.807, 2.05) is 0 Å². The molecule has 2 heterocycles. The maximum atomic E-state index is 14.2. The lowest BCUT2D eigenvalue weighted by Gasteiger charge is -2.14. The normalized spacial score (nSPS) is 17.3. The summed E-state index contributed by atoms with van der Waals surface area (Å²) >= 11 is 0. The van der Waals surface area contributed by atoms with Gasteiger partial charge in [0, 0.05) is 18.6 Å². The van der Waals surface area contributed by atoms with Crippen molar-refractivity contribution in [3.8, 4) is 17.0 Å². The summed E-state index contributed by atoms with van der Waals surface area (Å²) in [7, 11) is 0. The van der Waals surface area contributed by atoms with Crippen LogP contribution in [0.5, 0.6) is 5.75 Å². The highest BCUT2D eigenvalue weighted by molar-refractivity contribution is 5.74. The van der Waals surface area contributed by atoms with Crippen LogP contribution in [-0.4, -0.2) is 30.6 Å². The van der Waals surface area contributed by atoms with E-state index in [1.165, 1.54) is 0 Å². The maximum Gasteiger partial charge on any atom is 0.168 e. The van der Waals surface area contributed by atoms with Crippen LogP contribution in [0.25, 0.3) is 11.3 Å². The van der Waals surface area contributed by atoms with Gasteiger partial charge in [0.15, 0.2) is 6.29 Å². The summed E-state index contributed by atoms with van der Waals surface area (Å²) in [5.74, 6) is -2.97. The third-order valence-corrected chi connectivity index (χ3v) is 3.43. The van der Waals surface area contributed by atoms with Gasteiger partial charge in [-0.05, 0) is 12.1 Å². The van der Waals surface area contributed by atoms with Crippen molar-refractivity contribution in [3.05, 3.63) is 47.4 Å². The number of carbonyl (C=O) groups is 1. The highest BCUT2D eigenvalue weighted by atomic mass is 19.1. The Kier molecular flexibility index (Phi) is 4.29. The van der Waals surface area contributed by atoms with E-state index in [1.54, 1.807) is 0 Å². The molecule has 1 aromatic heterocycles. The van der Waals surface area contributed by atoms with Gasteiger partial charge in [-0.25, -0.2) is 18.2 Å². The standard InChI is InChI=1S/C16H12F3NO3/c17-12-2-1-9(7-21)20-16(12)15-13(18)5-11(6-14(15)19)23-10-3-4-22-8-10/h1-2,5-7,10H,3-4,8H2/t10-/m0/s1. The molecule has 0 amide bonds. The molecule has 7 heteroatoms. The minimum atomic E-state index is -1.02. The number of rotatable bonds is 4. The first-order valence-electron chi connectivity index (χ1n) is 6.94. The smallest absolute Gasteiger partial charge is 0.168 e. The van der Waals surface area contributed by atoms with E-state index in [0.717, 1.165) is 24.3 Å². The van der Waals surface area contributed by atoms with Gasteiger partial charge in [-0.3, -0.25) is 4.79 Å². The van der Waals surface area contributed by atoms with E-state index < -0.39 is 28.7 Å². The molecule has 0 unspecified atom stereocenters. The minimum Gasteiger partial charge on any atom is -0.488 e. The zero-order chi connectivity index (χ0) is 16.4. The molecule has 0 N–H and O–H groups in total. The molecular weight excluding hydrogens is 311 g/mol. The van der Waals surface area contributed by atoms with Gasteiger partial charge in [0.05, 0.1) is 18.8 Å². The van der Waals surface area contributed by atoms with E-state index in [2.05, 4.69) is 4.98 Å². The van der Waals surface area contributed by atoms with Gasteiger partial charge in [0.1, 0.15) is 40.7 Å². The van der Waals surface area contributed by atoms with E-state index in [4.69, 9.17) is 9.47 Å². The second kappa shape index (κ2) is 6.37. The highest BCUT2D eigenvalue weighted by Gasteiger charge is 2.22. The Balaban J connectivity index is 1.98. The molecular formula is C16H12F3NO3. The third kappa shape index (κ3) is 3.19. The van der Waals surface area contributed by atoms with Gasteiger partial charge >= 0.3 is 0 Å². The molecule has 1 fully saturated rings. The number of hydrogen-bond donors (Lipinski definition) is 0. The molecule has 0 bridgehead atoms. The Bertz CT molecular complexity index is 722. The molecule has 0 aliphatic carbocycles. The average Bonchev–Trinajstić information content (AvgIpc) is 3.01. The molecule has 4 nitrogen and oxygen atoms in total. The molecule has 2 aromatic rings. The van der Waals surface area contributed by atoms with Crippen LogP contribution in [0, 0.1) is 17.5 Å². The fourth-order valence-corrected chi connectivity index (χ4v) is 2.34. The molecule has 1 aromatic carbocycles. The molecule has 1 aliphatic heterocycles. The monoisotopic (exact) mass is 323 g/mol. The van der Waals surface area contributed by atoms with Gasteiger partial charge in [-0.1, -0.05) is 0 Å². The number of halogens is 3. The fourth-order valence-electron chi connectivity index (χ4n) is 2.34. The van der Waals surface area contributed by atoms with Crippen LogP contribution >= 0.6 is 0 Å². The molecule has 0 saturated carbocycles. The van der Waals surface area contributed by atoms with E-state index in [-0.39, 0.29) is 17.5 Å². The largest absolute Gasteiger partial charge is 0.488 e. The lowest BCUT2D eigenvalue weighted by molar-refractivity contribution is 0.111. The van der Waals surface area contributed by atoms with Gasteiger partial charge in [0.25, 0.3) is 0 Å². The number of ether oxygens (including phenoxy) is 2. The topological polar surface area (TPSA) is 48.4 Å². The first-order chi connectivity index (χ1) is 11.1. The summed E-state index contributed by atoms with van der Waals surface area (Å²) in [5.41, 5.74) is -1.31. The Morgan fingerprint density at radius 1 is 1.17 bits per heavy atom. The molecule has 3 rings (SSSR count). The molecule has 23 heavy (non-hydrogen) atoms. The second-order valence-corrected chi connectivity index (χ2v) is 5.05. The van der Waals surface area contributed by atoms with Crippen molar-refractivity contribution < 1.29 is 27.4 Å². The number of hydrogen-bond acceptors (Lipinski definition) is 4. The van der Waals surface area contributed by atoms with Crippen molar-refractivity contribution in [1.82, 2.24) is 4.98 Å². The molecule has 1 saturated heterocycles. The van der Waals surface area contributed by atoms with Gasteiger partial charge < -0.3 is 9.47 Å². The van der Waals surface area contributed by atoms with E-state index in [9.17, 15) is 18.0 Å². The quantitative estimate of drug-likeness (QED) is 0.811. The Morgan fingerprint density at radius 2 is 1.91 bits per heavy atom. The Labute approximate surface area is 129 Å². The number of benzene rings is 1. The summed E-state index contributed by atoms with van der Waals surface area (Å²) in [6.07, 6.45) is 0.728. The summed E-state index contributed by atoms with van der Waals surface area (Å²) in [5, 5.41) is 0. The summed E-state index contributed by atoms with van der Waals surface area (Å²) in [4.78, 5) is 14.3. The van der Waals surface area contributed by atoms with Crippen molar-refractivity contribution in [2.75, 3.05) is 13.2 Å². The molecule has 0 radical (unpaired) electrons. The predicted molar refractivity (Wildman–Crippen MR) is 74.8 cm³/mol. The van der Waals surface area contributed by atoms with Crippen LogP contribution in [0.1, 0.15) is 16.9 Å². The zero-order valence-electron chi connectivity index (χ0n) is 11.9. The third-order valence-electron chi connectivity index (χ3n) is 3.43. The molecule has 1 atom stereocenters. The van der Waals surface area contributed by atoms with Crippen molar-refractivity contribution in [2.45, 2.75) is 12.5 Å². The summed E-state index contributed by atoms with van der Waals surface area (Å²) in [6, 6.07) is 3.99. The van der Waals surface area contributed by atoms with Crippen molar-refractivity contribution in [2.24, 2.45) is 0 Å². The number of carbonyl (C=O) groups excluding carboxylic acids is 1. The lowest BCUT2D eigenvalue weighted by Crippen LogP contribution is -2.16. The van der Waals surface area contributed by atoms with Crippen LogP contribution in [0.4, 0.5) is 13.2 Å². The van der Waals surface area contributed by atoms with Crippen LogP contribution in [0.15, 0.2) is 24.3 Å². The zero-order valence-corrected chi connectivity index (χ0v) is 11.9. The first-order valence-corrected chi connectivity index (χ1v) is 6.94. The van der Waals surface area contributed by atoms with E-state index >= 15 is 0 Å². The Morgan fingerprint density at radius 3 is 2.52 bits per heavy atom. The summed E-state index contributed by atoms with van der Waals surface area (Å²) < 4.78 is 52.8. The summed E-state index contributed by atoms with van der Waals surface area (Å²) in [6.45, 7) is 0.879. The molecule has 1 aliphatic rings. The fraction of sp³-hybridized carbons (Fsp3) is 0.250. The maximum absolute atomic E-state index is 14.2. The number of aldehydes is 1. The second-order valence-electron chi connectivity index (χ2n) is 5.05. The van der Waals surface area contributed by atoms with Crippen molar-refractivity contribution in [3.63, 3.8) is 0 Å². The van der Waals surface area contributed by atoms with Crippen LogP contribution in [-0.2, 0) is 4.74 Å². The number of aromatic nitrogens is 1. The minimum absolute atomic E-state index is 0.00815. The van der Waals surface area contributed by atoms with Crippen molar-refractivity contribution in [1.29, 1.82) is 0 Å². The van der Waals surface area contributed by atoms with Crippen molar-refractivity contribution >= 4 is 6.29 Å². The molecule has 120 valence electrons. The Hall–Kier alpha value is -2.41. The SMILES string of the molecule is O=Cc1ccc(F)c(-c2c(F)cc(O[C@H]3CCOC3)cc2F)n1.